The molecule has 1 aromatic carbocycles. The summed E-state index contributed by atoms with van der Waals surface area (Å²) < 4.78 is 0. The molecule has 1 saturated heterocycles. The minimum Gasteiger partial charge on any atom is -0.386 e. The number of nitrogens with one attached hydrogen (secondary N) is 2. The van der Waals surface area contributed by atoms with Gasteiger partial charge in [-0.2, -0.15) is 0 Å². The van der Waals surface area contributed by atoms with Crippen molar-refractivity contribution in [1.29, 1.82) is 0 Å². The third-order valence-corrected chi connectivity index (χ3v) is 5.01. The second-order valence-electron chi connectivity index (χ2n) is 6.54. The molecule has 0 saturated carbocycles. The molecular weight excluding hydrogens is 256 g/mol. The van der Waals surface area contributed by atoms with Crippen LogP contribution < -0.4 is 10.6 Å². The van der Waals surface area contributed by atoms with Crippen molar-refractivity contribution < 1.29 is 0 Å². The van der Waals surface area contributed by atoms with Gasteiger partial charge >= 0.3 is 0 Å². The van der Waals surface area contributed by atoms with Gasteiger partial charge in [-0.25, -0.2) is 0 Å². The highest BCUT2D eigenvalue weighted by atomic mass is 15.0. The standard InChI is InChI=1S/C19H26N2/c1-12(2)21-19-9-10-20-11-18(19)17-8-7-15-13(3)5-6-16(15)14(17)4/h7-8,18-21H,1,3,5-6,9-11H2,2,4H3. The fraction of sp³-hybridized carbons (Fsp3) is 0.474. The number of benzene rings is 1. The number of allylic oxidation sites excluding steroid dienone is 2. The molecule has 1 aliphatic heterocycles. The Labute approximate surface area is 128 Å². The zero-order chi connectivity index (χ0) is 15.0. The van der Waals surface area contributed by atoms with Crippen molar-refractivity contribution in [3.05, 3.63) is 53.2 Å². The maximum absolute atomic E-state index is 4.20. The molecule has 2 nitrogen and oxygen atoms in total. The minimum atomic E-state index is 0.491. The Morgan fingerprint density at radius 2 is 2.14 bits per heavy atom. The highest BCUT2D eigenvalue weighted by Crippen LogP contribution is 2.37. The minimum absolute atomic E-state index is 0.491. The fourth-order valence-corrected chi connectivity index (χ4v) is 3.92. The highest BCUT2D eigenvalue weighted by Gasteiger charge is 2.29. The van der Waals surface area contributed by atoms with E-state index < -0.39 is 0 Å². The van der Waals surface area contributed by atoms with E-state index in [4.69, 9.17) is 0 Å². The van der Waals surface area contributed by atoms with Gasteiger partial charge in [0.2, 0.25) is 0 Å². The number of hydrogen-bond donors (Lipinski definition) is 2. The first-order valence-corrected chi connectivity index (χ1v) is 8.01. The molecule has 0 spiro atoms. The van der Waals surface area contributed by atoms with Crippen LogP contribution in [0, 0.1) is 6.92 Å². The van der Waals surface area contributed by atoms with Gasteiger partial charge in [0.25, 0.3) is 0 Å². The van der Waals surface area contributed by atoms with E-state index in [0.717, 1.165) is 38.0 Å². The Bertz CT molecular complexity index is 585. The molecule has 0 bridgehead atoms. The van der Waals surface area contributed by atoms with Gasteiger partial charge in [-0.05, 0) is 67.5 Å². The molecule has 2 aliphatic rings. The lowest BCUT2D eigenvalue weighted by molar-refractivity contribution is 0.362. The van der Waals surface area contributed by atoms with E-state index in [2.05, 4.69) is 49.8 Å². The molecule has 0 aromatic heterocycles. The SMILES string of the molecule is C=C(C)NC1CCNCC1c1ccc2c(c1C)CCC2=C. The van der Waals surface area contributed by atoms with Crippen LogP contribution in [0.25, 0.3) is 5.57 Å². The maximum Gasteiger partial charge on any atom is 0.0350 e. The molecule has 2 N–H and O–H groups in total. The van der Waals surface area contributed by atoms with Crippen LogP contribution in [0.3, 0.4) is 0 Å². The zero-order valence-electron chi connectivity index (χ0n) is 13.3. The second kappa shape index (κ2) is 5.69. The summed E-state index contributed by atoms with van der Waals surface area (Å²) in [5, 5.41) is 7.14. The summed E-state index contributed by atoms with van der Waals surface area (Å²) in [5.74, 6) is 0.523. The van der Waals surface area contributed by atoms with Gasteiger partial charge in [-0.15, -0.1) is 0 Å². The second-order valence-corrected chi connectivity index (χ2v) is 6.54. The third-order valence-electron chi connectivity index (χ3n) is 5.01. The third kappa shape index (κ3) is 2.65. The smallest absolute Gasteiger partial charge is 0.0350 e. The molecule has 2 unspecified atom stereocenters. The predicted octanol–water partition coefficient (Wildman–Crippen LogP) is 3.52. The van der Waals surface area contributed by atoms with Gasteiger partial charge in [0.15, 0.2) is 0 Å². The quantitative estimate of drug-likeness (QED) is 0.886. The summed E-state index contributed by atoms with van der Waals surface area (Å²) >= 11 is 0. The largest absolute Gasteiger partial charge is 0.386 e. The molecule has 3 rings (SSSR count). The lowest BCUT2D eigenvalue weighted by atomic mass is 9.82. The Kier molecular flexibility index (Phi) is 3.90. The van der Waals surface area contributed by atoms with Gasteiger partial charge < -0.3 is 10.6 Å². The molecule has 2 atom stereocenters. The monoisotopic (exact) mass is 282 g/mol. The normalized spacial score (nSPS) is 24.8. The molecule has 2 heteroatoms. The van der Waals surface area contributed by atoms with Gasteiger partial charge in [0, 0.05) is 24.2 Å². The van der Waals surface area contributed by atoms with E-state index >= 15 is 0 Å². The van der Waals surface area contributed by atoms with Crippen molar-refractivity contribution in [1.82, 2.24) is 10.6 Å². The molecule has 1 fully saturated rings. The molecule has 1 aliphatic carbocycles. The first-order chi connectivity index (χ1) is 10.1. The number of rotatable bonds is 3. The maximum atomic E-state index is 4.20. The van der Waals surface area contributed by atoms with Crippen LogP contribution in [0.1, 0.15) is 47.9 Å². The summed E-state index contributed by atoms with van der Waals surface area (Å²) in [6, 6.07) is 5.11. The summed E-state index contributed by atoms with van der Waals surface area (Å²) in [6.07, 6.45) is 3.43. The average molecular weight is 282 g/mol. The zero-order valence-corrected chi connectivity index (χ0v) is 13.3. The van der Waals surface area contributed by atoms with Crippen molar-refractivity contribution in [2.45, 2.75) is 45.1 Å². The summed E-state index contributed by atoms with van der Waals surface area (Å²) in [7, 11) is 0. The summed E-state index contributed by atoms with van der Waals surface area (Å²) in [6.45, 7) is 14.7. The molecule has 0 radical (unpaired) electrons. The van der Waals surface area contributed by atoms with Gasteiger partial charge in [0.05, 0.1) is 0 Å². The molecular formula is C19H26N2. The number of piperidine rings is 1. The van der Waals surface area contributed by atoms with E-state index in [1.54, 1.807) is 0 Å². The van der Waals surface area contributed by atoms with Crippen molar-refractivity contribution >= 4 is 5.57 Å². The molecule has 21 heavy (non-hydrogen) atoms. The first-order valence-electron chi connectivity index (χ1n) is 8.01. The van der Waals surface area contributed by atoms with Crippen molar-refractivity contribution in [3.63, 3.8) is 0 Å². The van der Waals surface area contributed by atoms with E-state index in [-0.39, 0.29) is 0 Å². The Morgan fingerprint density at radius 1 is 1.33 bits per heavy atom. The number of hydrogen-bond acceptors (Lipinski definition) is 2. The van der Waals surface area contributed by atoms with E-state index in [1.165, 1.54) is 27.8 Å². The molecule has 0 amide bonds. The molecule has 112 valence electrons. The van der Waals surface area contributed by atoms with Crippen molar-refractivity contribution in [2.75, 3.05) is 13.1 Å². The van der Waals surface area contributed by atoms with Crippen LogP contribution in [-0.4, -0.2) is 19.1 Å². The van der Waals surface area contributed by atoms with E-state index in [1.807, 2.05) is 0 Å². The van der Waals surface area contributed by atoms with Crippen LogP contribution in [-0.2, 0) is 6.42 Å². The van der Waals surface area contributed by atoms with Crippen molar-refractivity contribution in [2.24, 2.45) is 0 Å². The van der Waals surface area contributed by atoms with Crippen LogP contribution in [0.5, 0.6) is 0 Å². The van der Waals surface area contributed by atoms with Gasteiger partial charge in [-0.1, -0.05) is 25.3 Å². The Balaban J connectivity index is 1.95. The molecule has 1 aromatic rings. The van der Waals surface area contributed by atoms with E-state index in [0.29, 0.717) is 12.0 Å². The highest BCUT2D eigenvalue weighted by molar-refractivity contribution is 5.72. The fourth-order valence-electron chi connectivity index (χ4n) is 3.92. The van der Waals surface area contributed by atoms with E-state index in [9.17, 15) is 0 Å². The van der Waals surface area contributed by atoms with Gasteiger partial charge in [-0.3, -0.25) is 0 Å². The van der Waals surface area contributed by atoms with Crippen molar-refractivity contribution in [3.8, 4) is 0 Å². The Morgan fingerprint density at radius 3 is 2.90 bits per heavy atom. The lowest BCUT2D eigenvalue weighted by Gasteiger charge is -2.35. The van der Waals surface area contributed by atoms with Crippen LogP contribution in [0.15, 0.2) is 31.0 Å². The van der Waals surface area contributed by atoms with Crippen LogP contribution in [0.2, 0.25) is 0 Å². The summed E-state index contributed by atoms with van der Waals surface area (Å²) in [5.41, 5.74) is 8.27. The summed E-state index contributed by atoms with van der Waals surface area (Å²) in [4.78, 5) is 0. The van der Waals surface area contributed by atoms with Crippen LogP contribution >= 0.6 is 0 Å². The average Bonchev–Trinajstić information content (AvgIpc) is 2.82. The number of fused-ring (bicyclic) bond motifs is 1. The van der Waals surface area contributed by atoms with Crippen LogP contribution in [0.4, 0.5) is 0 Å². The topological polar surface area (TPSA) is 24.1 Å². The van der Waals surface area contributed by atoms with Gasteiger partial charge in [0.1, 0.15) is 0 Å². The molecule has 1 heterocycles. The first kappa shape index (κ1) is 14.4. The lowest BCUT2D eigenvalue weighted by Crippen LogP contribution is -2.45. The Hall–Kier alpha value is -1.54. The predicted molar refractivity (Wildman–Crippen MR) is 90.5 cm³/mol.